The summed E-state index contributed by atoms with van der Waals surface area (Å²) in [5.41, 5.74) is 3.40. The van der Waals surface area contributed by atoms with E-state index in [0.717, 1.165) is 28.5 Å². The lowest BCUT2D eigenvalue weighted by atomic mass is 10.0. The second-order valence-corrected chi connectivity index (χ2v) is 8.36. The van der Waals surface area contributed by atoms with Crippen LogP contribution in [0.2, 0.25) is 0 Å². The number of H-pyrrole nitrogens is 1. The third-order valence-corrected chi connectivity index (χ3v) is 6.03. The van der Waals surface area contributed by atoms with Crippen LogP contribution in [0.5, 0.6) is 0 Å². The number of nitrogens with one attached hydrogen (secondary N) is 3. The highest BCUT2D eigenvalue weighted by atomic mass is 16.2. The molecule has 2 amide bonds. The van der Waals surface area contributed by atoms with Crippen LogP contribution in [0.4, 0.5) is 0 Å². The van der Waals surface area contributed by atoms with Crippen LogP contribution in [0.3, 0.4) is 0 Å². The zero-order chi connectivity index (χ0) is 21.1. The third-order valence-electron chi connectivity index (χ3n) is 6.03. The maximum absolute atomic E-state index is 13.0. The van der Waals surface area contributed by atoms with Crippen LogP contribution >= 0.6 is 0 Å². The van der Waals surface area contributed by atoms with Gasteiger partial charge in [0.25, 0.3) is 5.91 Å². The first-order chi connectivity index (χ1) is 14.5. The third kappa shape index (κ3) is 4.56. The Labute approximate surface area is 177 Å². The first-order valence-electron chi connectivity index (χ1n) is 10.8. The summed E-state index contributed by atoms with van der Waals surface area (Å²) in [5, 5.41) is 7.09. The maximum Gasteiger partial charge on any atom is 0.268 e. The van der Waals surface area contributed by atoms with Gasteiger partial charge in [-0.25, -0.2) is 0 Å². The summed E-state index contributed by atoms with van der Waals surface area (Å²) in [6, 6.07) is 17.1. The average molecular weight is 404 g/mol. The fraction of sp³-hybridized carbons (Fsp3) is 0.360. The van der Waals surface area contributed by atoms with E-state index >= 15 is 0 Å². The van der Waals surface area contributed by atoms with Gasteiger partial charge < -0.3 is 15.6 Å². The summed E-state index contributed by atoms with van der Waals surface area (Å²) >= 11 is 0. The summed E-state index contributed by atoms with van der Waals surface area (Å²) in [5.74, 6) is 0.333. The first-order valence-corrected chi connectivity index (χ1v) is 10.8. The van der Waals surface area contributed by atoms with E-state index < -0.39 is 6.04 Å². The Balaban J connectivity index is 1.48. The molecule has 5 nitrogen and oxygen atoms in total. The number of aromatic amines is 1. The van der Waals surface area contributed by atoms with Crippen molar-refractivity contribution in [1.29, 1.82) is 0 Å². The van der Waals surface area contributed by atoms with Crippen molar-refractivity contribution >= 4 is 22.7 Å². The van der Waals surface area contributed by atoms with E-state index in [1.807, 2.05) is 68.4 Å². The molecule has 5 heteroatoms. The summed E-state index contributed by atoms with van der Waals surface area (Å²) < 4.78 is 0. The summed E-state index contributed by atoms with van der Waals surface area (Å²) in [6.45, 7) is 3.90. The van der Waals surface area contributed by atoms with Crippen molar-refractivity contribution in [2.24, 2.45) is 5.92 Å². The molecule has 2 atom stereocenters. The van der Waals surface area contributed by atoms with Gasteiger partial charge in [-0.05, 0) is 49.8 Å². The Morgan fingerprint density at radius 2 is 1.73 bits per heavy atom. The summed E-state index contributed by atoms with van der Waals surface area (Å²) in [4.78, 5) is 29.3. The van der Waals surface area contributed by atoms with Crippen LogP contribution in [-0.4, -0.2) is 22.8 Å². The quantitative estimate of drug-likeness (QED) is 0.512. The minimum absolute atomic E-state index is 0.117. The van der Waals surface area contributed by atoms with Gasteiger partial charge in [0.1, 0.15) is 11.7 Å². The van der Waals surface area contributed by atoms with Crippen molar-refractivity contribution in [2.45, 2.75) is 51.6 Å². The minimum atomic E-state index is -0.546. The highest BCUT2D eigenvalue weighted by Gasteiger charge is 2.28. The first kappa shape index (κ1) is 20.2. The molecule has 0 saturated heterocycles. The number of hydrogen-bond acceptors (Lipinski definition) is 2. The lowest BCUT2D eigenvalue weighted by Crippen LogP contribution is -2.47. The van der Waals surface area contributed by atoms with Crippen LogP contribution < -0.4 is 10.6 Å². The van der Waals surface area contributed by atoms with Crippen LogP contribution in [0.25, 0.3) is 10.9 Å². The lowest BCUT2D eigenvalue weighted by molar-refractivity contribution is -0.123. The molecule has 1 aromatic heterocycles. The molecule has 156 valence electrons. The SMILES string of the molecule is Cc1c(C(=O)N[C@@H](CCC2CC2)C(=O)N[C@H](C)c2ccccc2)[nH]c2ccccc12. The van der Waals surface area contributed by atoms with Crippen LogP contribution in [0.15, 0.2) is 54.6 Å². The van der Waals surface area contributed by atoms with Crippen molar-refractivity contribution in [2.75, 3.05) is 0 Å². The van der Waals surface area contributed by atoms with Crippen molar-refractivity contribution in [1.82, 2.24) is 15.6 Å². The highest BCUT2D eigenvalue weighted by molar-refractivity contribution is 6.02. The molecule has 1 aliphatic carbocycles. The molecule has 0 spiro atoms. The number of rotatable bonds is 8. The monoisotopic (exact) mass is 403 g/mol. The highest BCUT2D eigenvalue weighted by Crippen LogP contribution is 2.34. The summed E-state index contributed by atoms with van der Waals surface area (Å²) in [7, 11) is 0. The maximum atomic E-state index is 13.0. The predicted molar refractivity (Wildman–Crippen MR) is 119 cm³/mol. The molecule has 0 bridgehead atoms. The van der Waals surface area contributed by atoms with Crippen molar-refractivity contribution in [3.8, 4) is 0 Å². The van der Waals surface area contributed by atoms with E-state index in [9.17, 15) is 9.59 Å². The number of hydrogen-bond donors (Lipinski definition) is 3. The van der Waals surface area contributed by atoms with E-state index in [1.54, 1.807) is 0 Å². The molecule has 0 aliphatic heterocycles. The van der Waals surface area contributed by atoms with Crippen molar-refractivity contribution < 1.29 is 9.59 Å². The van der Waals surface area contributed by atoms with Crippen molar-refractivity contribution in [3.63, 3.8) is 0 Å². The average Bonchev–Trinajstić information content (AvgIpc) is 3.53. The number of fused-ring (bicyclic) bond motifs is 1. The largest absolute Gasteiger partial charge is 0.350 e. The Morgan fingerprint density at radius 3 is 2.43 bits per heavy atom. The van der Waals surface area contributed by atoms with E-state index in [0.29, 0.717) is 18.0 Å². The number of carbonyl (C=O) groups is 2. The number of aryl methyl sites for hydroxylation is 1. The Bertz CT molecular complexity index is 1040. The van der Waals surface area contributed by atoms with Crippen molar-refractivity contribution in [3.05, 3.63) is 71.4 Å². The van der Waals surface area contributed by atoms with Gasteiger partial charge in [0.2, 0.25) is 5.91 Å². The van der Waals surface area contributed by atoms with E-state index in [-0.39, 0.29) is 17.9 Å². The standard InChI is InChI=1S/C25H29N3O2/c1-16-20-10-6-7-11-21(20)27-23(16)25(30)28-22(15-14-18-12-13-18)24(29)26-17(2)19-8-4-3-5-9-19/h3-11,17-18,22,27H,12-15H2,1-2H3,(H,26,29)(H,28,30)/t17-,22+/m1/s1. The molecule has 1 fully saturated rings. The second kappa shape index (κ2) is 8.74. The van der Waals surface area contributed by atoms with Gasteiger partial charge in [-0.3, -0.25) is 9.59 Å². The molecule has 1 saturated carbocycles. The molecule has 3 aromatic rings. The van der Waals surface area contributed by atoms with Gasteiger partial charge in [-0.15, -0.1) is 0 Å². The van der Waals surface area contributed by atoms with Crippen LogP contribution in [0, 0.1) is 12.8 Å². The number of carbonyl (C=O) groups excluding carboxylic acids is 2. The molecule has 0 radical (unpaired) electrons. The predicted octanol–water partition coefficient (Wildman–Crippen LogP) is 4.64. The molecular formula is C25H29N3O2. The number of aromatic nitrogens is 1. The van der Waals surface area contributed by atoms with E-state index in [4.69, 9.17) is 0 Å². The smallest absolute Gasteiger partial charge is 0.268 e. The molecule has 0 unspecified atom stereocenters. The molecule has 30 heavy (non-hydrogen) atoms. The fourth-order valence-electron chi connectivity index (χ4n) is 3.96. The zero-order valence-corrected chi connectivity index (χ0v) is 17.6. The van der Waals surface area contributed by atoms with Gasteiger partial charge in [0.05, 0.1) is 6.04 Å². The van der Waals surface area contributed by atoms with Gasteiger partial charge in [-0.2, -0.15) is 0 Å². The molecule has 1 aliphatic rings. The summed E-state index contributed by atoms with van der Waals surface area (Å²) in [6.07, 6.45) is 4.07. The number of amides is 2. The number of benzene rings is 2. The number of para-hydroxylation sites is 1. The molecule has 1 heterocycles. The normalized spacial score (nSPS) is 15.5. The lowest BCUT2D eigenvalue weighted by Gasteiger charge is -2.22. The molecule has 2 aromatic carbocycles. The van der Waals surface area contributed by atoms with Gasteiger partial charge in [0, 0.05) is 10.9 Å². The van der Waals surface area contributed by atoms with Gasteiger partial charge in [0.15, 0.2) is 0 Å². The Kier molecular flexibility index (Phi) is 5.88. The molecule has 4 rings (SSSR count). The van der Waals surface area contributed by atoms with Gasteiger partial charge >= 0.3 is 0 Å². The topological polar surface area (TPSA) is 74.0 Å². The Morgan fingerprint density at radius 1 is 1.03 bits per heavy atom. The van der Waals surface area contributed by atoms with Crippen LogP contribution in [0.1, 0.15) is 60.3 Å². The minimum Gasteiger partial charge on any atom is -0.350 e. The zero-order valence-electron chi connectivity index (χ0n) is 17.6. The van der Waals surface area contributed by atoms with E-state index in [1.165, 1.54) is 12.8 Å². The molecule has 3 N–H and O–H groups in total. The van der Waals surface area contributed by atoms with E-state index in [2.05, 4.69) is 15.6 Å². The Hall–Kier alpha value is -3.08. The fourth-order valence-corrected chi connectivity index (χ4v) is 3.96. The molecular weight excluding hydrogens is 374 g/mol. The second-order valence-electron chi connectivity index (χ2n) is 8.36. The van der Waals surface area contributed by atoms with Crippen LogP contribution in [-0.2, 0) is 4.79 Å². The van der Waals surface area contributed by atoms with Gasteiger partial charge in [-0.1, -0.05) is 61.4 Å².